The molecule has 0 saturated heterocycles. The molecule has 0 atom stereocenters. The summed E-state index contributed by atoms with van der Waals surface area (Å²) in [5.41, 5.74) is 0.235. The minimum absolute atomic E-state index is 0.235. The third-order valence-corrected chi connectivity index (χ3v) is 1.78. The average Bonchev–Trinajstić information content (AvgIpc) is 2.04. The van der Waals surface area contributed by atoms with E-state index >= 15 is 0 Å². The van der Waals surface area contributed by atoms with Crippen LogP contribution < -0.4 is 4.74 Å². The van der Waals surface area contributed by atoms with Gasteiger partial charge >= 0.3 is 6.36 Å². The van der Waals surface area contributed by atoms with Gasteiger partial charge in [0.15, 0.2) is 0 Å². The van der Waals surface area contributed by atoms with Gasteiger partial charge in [0.05, 0.1) is 5.02 Å². The number of aryl methyl sites for hydroxylation is 1. The highest BCUT2D eigenvalue weighted by Gasteiger charge is 2.33. The maximum absolute atomic E-state index is 13.0. The Morgan fingerprint density at radius 1 is 1.43 bits per heavy atom. The second-order valence-electron chi connectivity index (χ2n) is 2.42. The summed E-state index contributed by atoms with van der Waals surface area (Å²) < 4.78 is 51.3. The SMILES string of the molecule is Cc1cnc(OC(F)(F)F)c(F)c1Cl. The number of ether oxygens (including phenoxy) is 1. The number of aromatic nitrogens is 1. The van der Waals surface area contributed by atoms with E-state index in [-0.39, 0.29) is 5.56 Å². The van der Waals surface area contributed by atoms with E-state index in [2.05, 4.69) is 9.72 Å². The molecule has 78 valence electrons. The molecule has 0 fully saturated rings. The van der Waals surface area contributed by atoms with Gasteiger partial charge in [-0.05, 0) is 12.5 Å². The van der Waals surface area contributed by atoms with Gasteiger partial charge in [0.2, 0.25) is 5.82 Å². The maximum atomic E-state index is 13.0. The zero-order chi connectivity index (χ0) is 10.9. The molecule has 0 amide bonds. The van der Waals surface area contributed by atoms with Crippen LogP contribution >= 0.6 is 11.6 Å². The number of rotatable bonds is 1. The Morgan fingerprint density at radius 3 is 2.50 bits per heavy atom. The Balaban J connectivity index is 3.06. The predicted molar refractivity (Wildman–Crippen MR) is 40.6 cm³/mol. The van der Waals surface area contributed by atoms with E-state index in [1.165, 1.54) is 6.92 Å². The summed E-state index contributed by atoms with van der Waals surface area (Å²) in [4.78, 5) is 3.12. The van der Waals surface area contributed by atoms with Gasteiger partial charge in [0.25, 0.3) is 5.88 Å². The van der Waals surface area contributed by atoms with Gasteiger partial charge in [-0.3, -0.25) is 0 Å². The van der Waals surface area contributed by atoms with E-state index in [1.54, 1.807) is 0 Å². The van der Waals surface area contributed by atoms with Crippen molar-refractivity contribution < 1.29 is 22.3 Å². The van der Waals surface area contributed by atoms with Crippen molar-refractivity contribution in [3.8, 4) is 5.88 Å². The van der Waals surface area contributed by atoms with Crippen LogP contribution in [0.2, 0.25) is 5.02 Å². The zero-order valence-corrected chi connectivity index (χ0v) is 7.58. The first-order chi connectivity index (χ1) is 6.31. The lowest BCUT2D eigenvalue weighted by Crippen LogP contribution is -2.19. The quantitative estimate of drug-likeness (QED) is 0.691. The molecule has 1 aromatic rings. The molecule has 0 bridgehead atoms. The number of hydrogen-bond acceptors (Lipinski definition) is 2. The van der Waals surface area contributed by atoms with E-state index in [9.17, 15) is 17.6 Å². The number of halogens is 5. The lowest BCUT2D eigenvalue weighted by molar-refractivity contribution is -0.277. The molecule has 0 spiro atoms. The summed E-state index contributed by atoms with van der Waals surface area (Å²) in [5, 5.41) is -0.431. The third-order valence-electron chi connectivity index (χ3n) is 1.31. The van der Waals surface area contributed by atoms with Crippen molar-refractivity contribution in [2.24, 2.45) is 0 Å². The van der Waals surface area contributed by atoms with Crippen LogP contribution in [0.25, 0.3) is 0 Å². The maximum Gasteiger partial charge on any atom is 0.574 e. The Bertz CT molecular complexity index is 352. The first kappa shape index (κ1) is 11.0. The molecule has 1 rings (SSSR count). The van der Waals surface area contributed by atoms with Crippen LogP contribution in [-0.4, -0.2) is 11.3 Å². The molecule has 0 radical (unpaired) electrons. The largest absolute Gasteiger partial charge is 0.574 e. The van der Waals surface area contributed by atoms with Crippen LogP contribution in [0.4, 0.5) is 17.6 Å². The summed E-state index contributed by atoms with van der Waals surface area (Å²) in [6.45, 7) is 1.41. The molecular formula is C7H4ClF4NO. The average molecular weight is 230 g/mol. The molecule has 2 nitrogen and oxygen atoms in total. The standard InChI is InChI=1S/C7H4ClF4NO/c1-3-2-13-6(5(9)4(3)8)14-7(10,11)12/h2H,1H3. The minimum atomic E-state index is -4.98. The highest BCUT2D eigenvalue weighted by atomic mass is 35.5. The molecular weight excluding hydrogens is 226 g/mol. The Labute approximate surface area is 81.5 Å². The molecule has 0 aliphatic heterocycles. The zero-order valence-electron chi connectivity index (χ0n) is 6.82. The van der Waals surface area contributed by atoms with E-state index < -0.39 is 23.1 Å². The molecule has 1 aromatic heterocycles. The molecule has 7 heteroatoms. The van der Waals surface area contributed by atoms with Crippen LogP contribution in [0.3, 0.4) is 0 Å². The lowest BCUT2D eigenvalue weighted by atomic mass is 10.3. The van der Waals surface area contributed by atoms with Crippen LogP contribution in [-0.2, 0) is 0 Å². The normalized spacial score (nSPS) is 11.6. The first-order valence-corrected chi connectivity index (χ1v) is 3.75. The fourth-order valence-corrected chi connectivity index (χ4v) is 0.846. The fraction of sp³-hybridized carbons (Fsp3) is 0.286. The van der Waals surface area contributed by atoms with Gasteiger partial charge in [0, 0.05) is 6.20 Å². The van der Waals surface area contributed by atoms with Gasteiger partial charge in [-0.25, -0.2) is 4.98 Å². The number of alkyl halides is 3. The molecule has 14 heavy (non-hydrogen) atoms. The summed E-state index contributed by atoms with van der Waals surface area (Å²) in [7, 11) is 0. The van der Waals surface area contributed by atoms with Crippen molar-refractivity contribution in [1.29, 1.82) is 0 Å². The van der Waals surface area contributed by atoms with Gasteiger partial charge in [-0.15, -0.1) is 13.2 Å². The Morgan fingerprint density at radius 2 is 2.00 bits per heavy atom. The smallest absolute Gasteiger partial charge is 0.385 e. The molecule has 0 N–H and O–H groups in total. The van der Waals surface area contributed by atoms with Crippen molar-refractivity contribution in [2.45, 2.75) is 13.3 Å². The van der Waals surface area contributed by atoms with Gasteiger partial charge in [-0.1, -0.05) is 11.6 Å². The molecule has 0 aliphatic carbocycles. The van der Waals surface area contributed by atoms with Crippen LogP contribution in [0.15, 0.2) is 6.20 Å². The van der Waals surface area contributed by atoms with Crippen molar-refractivity contribution >= 4 is 11.6 Å². The van der Waals surface area contributed by atoms with Crippen LogP contribution in [0.5, 0.6) is 5.88 Å². The van der Waals surface area contributed by atoms with Crippen molar-refractivity contribution in [1.82, 2.24) is 4.98 Å². The predicted octanol–water partition coefficient (Wildman–Crippen LogP) is 3.08. The molecule has 0 saturated carbocycles. The molecule has 1 heterocycles. The van der Waals surface area contributed by atoms with E-state index in [0.29, 0.717) is 0 Å². The summed E-state index contributed by atoms with van der Waals surface area (Å²) in [6, 6.07) is 0. The topological polar surface area (TPSA) is 22.1 Å². The minimum Gasteiger partial charge on any atom is -0.385 e. The fourth-order valence-electron chi connectivity index (χ4n) is 0.717. The van der Waals surface area contributed by atoms with Gasteiger partial charge in [0.1, 0.15) is 0 Å². The monoisotopic (exact) mass is 229 g/mol. The van der Waals surface area contributed by atoms with E-state index in [4.69, 9.17) is 11.6 Å². The van der Waals surface area contributed by atoms with E-state index in [0.717, 1.165) is 6.20 Å². The van der Waals surface area contributed by atoms with Crippen molar-refractivity contribution in [2.75, 3.05) is 0 Å². The van der Waals surface area contributed by atoms with Gasteiger partial charge in [-0.2, -0.15) is 4.39 Å². The summed E-state index contributed by atoms with van der Waals surface area (Å²) in [5.74, 6) is -2.49. The molecule has 0 aliphatic rings. The number of pyridine rings is 1. The van der Waals surface area contributed by atoms with Crippen molar-refractivity contribution in [3.05, 3.63) is 22.6 Å². The highest BCUT2D eigenvalue weighted by molar-refractivity contribution is 6.31. The Kier molecular flexibility index (Phi) is 2.84. The Hall–Kier alpha value is -1.04. The number of hydrogen-bond donors (Lipinski definition) is 0. The molecule has 0 unspecified atom stereocenters. The highest BCUT2D eigenvalue weighted by Crippen LogP contribution is 2.29. The number of nitrogens with zero attached hydrogens (tertiary/aromatic N) is 1. The van der Waals surface area contributed by atoms with Crippen molar-refractivity contribution in [3.63, 3.8) is 0 Å². The third kappa shape index (κ3) is 2.47. The lowest BCUT2D eigenvalue weighted by Gasteiger charge is -2.09. The van der Waals surface area contributed by atoms with Crippen LogP contribution in [0.1, 0.15) is 5.56 Å². The van der Waals surface area contributed by atoms with Crippen LogP contribution in [0, 0.1) is 12.7 Å². The van der Waals surface area contributed by atoms with Gasteiger partial charge < -0.3 is 4.74 Å². The first-order valence-electron chi connectivity index (χ1n) is 3.37. The van der Waals surface area contributed by atoms with E-state index in [1.807, 2.05) is 0 Å². The second kappa shape index (κ2) is 3.61. The molecule has 0 aromatic carbocycles. The summed E-state index contributed by atoms with van der Waals surface area (Å²) >= 11 is 5.35. The summed E-state index contributed by atoms with van der Waals surface area (Å²) in [6.07, 6.45) is -3.99. The second-order valence-corrected chi connectivity index (χ2v) is 2.80.